The van der Waals surface area contributed by atoms with Gasteiger partial charge in [0, 0.05) is 5.02 Å². The smallest absolute Gasteiger partial charge is 0.379 e. The second kappa shape index (κ2) is 8.33. The lowest BCUT2D eigenvalue weighted by Crippen LogP contribution is -2.46. The predicted molar refractivity (Wildman–Crippen MR) is 108 cm³/mol. The number of rotatable bonds is 5. The van der Waals surface area contributed by atoms with Gasteiger partial charge in [0.2, 0.25) is 0 Å². The molecule has 138 valence electrons. The van der Waals surface area contributed by atoms with Crippen LogP contribution in [0.2, 0.25) is 5.02 Å². The molecule has 2 N–H and O–H groups in total. The van der Waals surface area contributed by atoms with Gasteiger partial charge in [-0.25, -0.2) is 4.79 Å². The number of nitrogens with one attached hydrogen (secondary N) is 2. The molecular weight excluding hydrogens is 384 g/mol. The Kier molecular flexibility index (Phi) is 5.88. The maximum absolute atomic E-state index is 12.9. The SMILES string of the molecule is CCOC(=O)C(=O)C1=C(c2ccccc2)NC(=S)N[C@H]1c1ccc(Cl)cc1. The molecule has 1 aliphatic heterocycles. The van der Waals surface area contributed by atoms with E-state index in [4.69, 9.17) is 28.6 Å². The molecule has 27 heavy (non-hydrogen) atoms. The molecule has 1 heterocycles. The first kappa shape index (κ1) is 19.1. The molecule has 0 radical (unpaired) electrons. The minimum atomic E-state index is -0.906. The molecule has 0 aliphatic carbocycles. The summed E-state index contributed by atoms with van der Waals surface area (Å²) in [7, 11) is 0. The lowest BCUT2D eigenvalue weighted by Gasteiger charge is -2.31. The molecule has 0 saturated carbocycles. The second-order valence-corrected chi connectivity index (χ2v) is 6.63. The number of halogens is 1. The number of carbonyl (C=O) groups excluding carboxylic acids is 2. The molecule has 0 spiro atoms. The molecule has 0 bridgehead atoms. The summed E-state index contributed by atoms with van der Waals surface area (Å²) in [6.45, 7) is 1.77. The van der Waals surface area contributed by atoms with Gasteiger partial charge in [0.25, 0.3) is 5.78 Å². The summed E-state index contributed by atoms with van der Waals surface area (Å²) in [5.41, 5.74) is 2.23. The van der Waals surface area contributed by atoms with Gasteiger partial charge in [-0.3, -0.25) is 4.79 Å². The van der Waals surface area contributed by atoms with Crippen LogP contribution in [-0.4, -0.2) is 23.5 Å². The normalized spacial score (nSPS) is 16.4. The number of Topliss-reactive ketones (excluding diaryl/α,β-unsaturated/α-hetero) is 1. The molecule has 1 atom stereocenters. The number of ketones is 1. The molecule has 0 amide bonds. The van der Waals surface area contributed by atoms with E-state index < -0.39 is 17.8 Å². The van der Waals surface area contributed by atoms with Gasteiger partial charge in [-0.2, -0.15) is 0 Å². The topological polar surface area (TPSA) is 67.4 Å². The molecule has 2 aromatic rings. The maximum Gasteiger partial charge on any atom is 0.379 e. The fourth-order valence-corrected chi connectivity index (χ4v) is 3.20. The largest absolute Gasteiger partial charge is 0.460 e. The zero-order valence-corrected chi connectivity index (χ0v) is 16.1. The molecule has 0 saturated heterocycles. The summed E-state index contributed by atoms with van der Waals surface area (Å²) >= 11 is 11.3. The highest BCUT2D eigenvalue weighted by Gasteiger charge is 2.35. The van der Waals surface area contributed by atoms with Crippen LogP contribution < -0.4 is 10.6 Å². The summed E-state index contributed by atoms with van der Waals surface area (Å²) in [5.74, 6) is -1.63. The summed E-state index contributed by atoms with van der Waals surface area (Å²) in [4.78, 5) is 25.2. The van der Waals surface area contributed by atoms with Crippen LogP contribution >= 0.6 is 23.8 Å². The van der Waals surface area contributed by atoms with Crippen molar-refractivity contribution in [3.63, 3.8) is 0 Å². The Hall–Kier alpha value is -2.70. The summed E-state index contributed by atoms with van der Waals surface area (Å²) in [6, 6.07) is 15.6. The third kappa shape index (κ3) is 4.18. The van der Waals surface area contributed by atoms with Crippen molar-refractivity contribution in [3.05, 3.63) is 76.3 Å². The van der Waals surface area contributed by atoms with E-state index in [0.717, 1.165) is 11.1 Å². The number of carbonyl (C=O) groups is 2. The Morgan fingerprint density at radius 3 is 2.41 bits per heavy atom. The maximum atomic E-state index is 12.9. The van der Waals surface area contributed by atoms with Crippen LogP contribution in [0.5, 0.6) is 0 Å². The monoisotopic (exact) mass is 400 g/mol. The van der Waals surface area contributed by atoms with Crippen molar-refractivity contribution in [1.29, 1.82) is 0 Å². The van der Waals surface area contributed by atoms with Crippen LogP contribution in [-0.2, 0) is 14.3 Å². The first-order valence-electron chi connectivity index (χ1n) is 8.35. The van der Waals surface area contributed by atoms with Crippen LogP contribution in [0.4, 0.5) is 0 Å². The fourth-order valence-electron chi connectivity index (χ4n) is 2.85. The van der Waals surface area contributed by atoms with Crippen molar-refractivity contribution in [1.82, 2.24) is 10.6 Å². The minimum absolute atomic E-state index is 0.114. The number of hydrogen-bond donors (Lipinski definition) is 2. The first-order chi connectivity index (χ1) is 13.0. The van der Waals surface area contributed by atoms with E-state index in [9.17, 15) is 9.59 Å². The number of esters is 1. The van der Waals surface area contributed by atoms with E-state index in [1.54, 1.807) is 31.2 Å². The van der Waals surface area contributed by atoms with Gasteiger partial charge in [0.15, 0.2) is 5.11 Å². The van der Waals surface area contributed by atoms with Crippen molar-refractivity contribution >= 4 is 46.4 Å². The van der Waals surface area contributed by atoms with Crippen LogP contribution in [0, 0.1) is 0 Å². The zero-order valence-electron chi connectivity index (χ0n) is 14.5. The number of ether oxygens (including phenoxy) is 1. The van der Waals surface area contributed by atoms with Crippen molar-refractivity contribution in [2.24, 2.45) is 0 Å². The van der Waals surface area contributed by atoms with Crippen molar-refractivity contribution in [2.75, 3.05) is 6.61 Å². The Labute approximate surface area is 167 Å². The molecular formula is C20H17ClN2O3S. The highest BCUT2D eigenvalue weighted by atomic mass is 35.5. The average molecular weight is 401 g/mol. The van der Waals surface area contributed by atoms with E-state index in [2.05, 4.69) is 10.6 Å². The Morgan fingerprint density at radius 1 is 1.11 bits per heavy atom. The summed E-state index contributed by atoms with van der Waals surface area (Å²) in [6.07, 6.45) is 0. The van der Waals surface area contributed by atoms with Gasteiger partial charge >= 0.3 is 5.97 Å². The molecule has 7 heteroatoms. The molecule has 2 aromatic carbocycles. The number of benzene rings is 2. The highest BCUT2D eigenvalue weighted by Crippen LogP contribution is 2.32. The molecule has 1 aliphatic rings. The molecule has 5 nitrogen and oxygen atoms in total. The molecule has 0 unspecified atom stereocenters. The van der Waals surface area contributed by atoms with Gasteiger partial charge in [-0.15, -0.1) is 0 Å². The predicted octanol–water partition coefficient (Wildman–Crippen LogP) is 3.40. The third-order valence-electron chi connectivity index (χ3n) is 4.04. The van der Waals surface area contributed by atoms with Gasteiger partial charge in [0.05, 0.1) is 23.9 Å². The number of hydrogen-bond acceptors (Lipinski definition) is 4. The van der Waals surface area contributed by atoms with E-state index in [0.29, 0.717) is 15.8 Å². The summed E-state index contributed by atoms with van der Waals surface area (Å²) < 4.78 is 4.94. The van der Waals surface area contributed by atoms with Crippen molar-refractivity contribution in [2.45, 2.75) is 13.0 Å². The summed E-state index contributed by atoms with van der Waals surface area (Å²) in [5, 5.41) is 7.01. The Balaban J connectivity index is 2.18. The third-order valence-corrected chi connectivity index (χ3v) is 4.52. The minimum Gasteiger partial charge on any atom is -0.460 e. The van der Waals surface area contributed by atoms with Crippen molar-refractivity contribution < 1.29 is 14.3 Å². The highest BCUT2D eigenvalue weighted by molar-refractivity contribution is 7.80. The Bertz CT molecular complexity index is 911. The van der Waals surface area contributed by atoms with Crippen LogP contribution in [0.15, 0.2) is 60.2 Å². The zero-order chi connectivity index (χ0) is 19.4. The first-order valence-corrected chi connectivity index (χ1v) is 9.14. The van der Waals surface area contributed by atoms with E-state index in [1.807, 2.05) is 30.3 Å². The van der Waals surface area contributed by atoms with Crippen molar-refractivity contribution in [3.8, 4) is 0 Å². The standard InChI is InChI=1S/C20H17ClN2O3S/c1-2-26-19(25)18(24)15-16(12-6-4-3-5-7-12)22-20(27)23-17(15)13-8-10-14(21)11-9-13/h3-11,17H,2H2,1H3,(H2,22,23,27)/t17-/m0/s1. The van der Waals surface area contributed by atoms with Crippen LogP contribution in [0.1, 0.15) is 24.1 Å². The molecule has 3 rings (SSSR count). The van der Waals surface area contributed by atoms with Gasteiger partial charge in [0.1, 0.15) is 0 Å². The van der Waals surface area contributed by atoms with Gasteiger partial charge < -0.3 is 15.4 Å². The van der Waals surface area contributed by atoms with Crippen LogP contribution in [0.25, 0.3) is 5.70 Å². The number of thiocarbonyl (C=S) groups is 1. The quantitative estimate of drug-likeness (QED) is 0.455. The lowest BCUT2D eigenvalue weighted by atomic mass is 9.90. The average Bonchev–Trinajstić information content (AvgIpc) is 2.68. The second-order valence-electron chi connectivity index (χ2n) is 5.79. The van der Waals surface area contributed by atoms with Gasteiger partial charge in [-0.1, -0.05) is 54.1 Å². The van der Waals surface area contributed by atoms with E-state index >= 15 is 0 Å². The lowest BCUT2D eigenvalue weighted by molar-refractivity contribution is -0.151. The van der Waals surface area contributed by atoms with E-state index in [-0.39, 0.29) is 12.2 Å². The molecule has 0 aromatic heterocycles. The molecule has 0 fully saturated rings. The van der Waals surface area contributed by atoms with Crippen LogP contribution in [0.3, 0.4) is 0 Å². The van der Waals surface area contributed by atoms with Gasteiger partial charge in [-0.05, 0) is 42.4 Å². The Morgan fingerprint density at radius 2 is 1.78 bits per heavy atom. The van der Waals surface area contributed by atoms with E-state index in [1.165, 1.54) is 0 Å². The fraction of sp³-hybridized carbons (Fsp3) is 0.150.